The second kappa shape index (κ2) is 5.66. The van der Waals surface area contributed by atoms with Crippen LogP contribution >= 0.6 is 0 Å². The van der Waals surface area contributed by atoms with Gasteiger partial charge in [0.2, 0.25) is 0 Å². The van der Waals surface area contributed by atoms with Gasteiger partial charge in [0, 0.05) is 17.8 Å². The maximum atomic E-state index is 5.65. The van der Waals surface area contributed by atoms with Crippen molar-refractivity contribution in [3.05, 3.63) is 41.2 Å². The molecule has 0 saturated heterocycles. The summed E-state index contributed by atoms with van der Waals surface area (Å²) >= 11 is 0. The molecule has 18 heavy (non-hydrogen) atoms. The van der Waals surface area contributed by atoms with E-state index < -0.39 is 0 Å². The van der Waals surface area contributed by atoms with E-state index in [0.717, 1.165) is 0 Å². The van der Waals surface area contributed by atoms with Crippen LogP contribution in [0.15, 0.2) is 24.4 Å². The summed E-state index contributed by atoms with van der Waals surface area (Å²) in [4.78, 5) is 4.61. The summed E-state index contributed by atoms with van der Waals surface area (Å²) in [5.41, 5.74) is 3.91. The number of allylic oxidation sites excluding steroid dienone is 1. The number of hydrogen-bond acceptors (Lipinski definition) is 2. The van der Waals surface area contributed by atoms with Gasteiger partial charge in [-0.1, -0.05) is 39.8 Å². The minimum atomic E-state index is 0.453. The van der Waals surface area contributed by atoms with E-state index in [1.165, 1.54) is 16.8 Å². The van der Waals surface area contributed by atoms with Crippen molar-refractivity contribution in [1.82, 2.24) is 4.98 Å². The highest BCUT2D eigenvalue weighted by molar-refractivity contribution is 5.38. The summed E-state index contributed by atoms with van der Waals surface area (Å²) in [5.74, 6) is 1.49. The molecule has 0 spiro atoms. The Balaban J connectivity index is 2.57. The van der Waals surface area contributed by atoms with Gasteiger partial charge in [-0.05, 0) is 29.0 Å². The zero-order chi connectivity index (χ0) is 13.1. The van der Waals surface area contributed by atoms with Gasteiger partial charge < -0.3 is 4.74 Å². The van der Waals surface area contributed by atoms with E-state index in [-0.39, 0.29) is 0 Å². The lowest BCUT2D eigenvalue weighted by Crippen LogP contribution is -2.15. The monoisotopic (exact) mass is 245 g/mol. The van der Waals surface area contributed by atoms with Crippen LogP contribution in [0.5, 0.6) is 0 Å². The molecule has 1 aromatic rings. The van der Waals surface area contributed by atoms with Gasteiger partial charge in [-0.2, -0.15) is 0 Å². The Kier molecular flexibility index (Phi) is 4.18. The molecule has 0 radical (unpaired) electrons. The zero-order valence-corrected chi connectivity index (χ0v) is 11.8. The average molecular weight is 245 g/mol. The molecule has 98 valence electrons. The summed E-state index contributed by atoms with van der Waals surface area (Å²) in [6.07, 6.45) is 6.35. The Morgan fingerprint density at radius 3 is 2.72 bits per heavy atom. The first kappa shape index (κ1) is 13.3. The van der Waals surface area contributed by atoms with Gasteiger partial charge in [-0.25, -0.2) is 0 Å². The van der Waals surface area contributed by atoms with E-state index >= 15 is 0 Å². The second-order valence-corrected chi connectivity index (χ2v) is 5.64. The van der Waals surface area contributed by atoms with Gasteiger partial charge in [0.1, 0.15) is 0 Å². The van der Waals surface area contributed by atoms with E-state index in [9.17, 15) is 0 Å². The molecule has 0 saturated carbocycles. The molecule has 2 nitrogen and oxygen atoms in total. The van der Waals surface area contributed by atoms with Crippen LogP contribution in [0.25, 0.3) is 0 Å². The Morgan fingerprint density at radius 2 is 2.06 bits per heavy atom. The first-order chi connectivity index (χ1) is 8.61. The van der Waals surface area contributed by atoms with Crippen LogP contribution in [-0.4, -0.2) is 11.6 Å². The number of nitrogens with zero attached hydrogens (tertiary/aromatic N) is 1. The van der Waals surface area contributed by atoms with Crippen LogP contribution in [0.1, 0.15) is 56.4 Å². The lowest BCUT2D eigenvalue weighted by Gasteiger charge is -2.26. The van der Waals surface area contributed by atoms with Gasteiger partial charge >= 0.3 is 0 Å². The van der Waals surface area contributed by atoms with Crippen LogP contribution in [0, 0.1) is 5.92 Å². The number of ether oxygens (including phenoxy) is 1. The van der Waals surface area contributed by atoms with Crippen LogP contribution in [-0.2, 0) is 11.3 Å². The summed E-state index contributed by atoms with van der Waals surface area (Å²) in [7, 11) is 0. The van der Waals surface area contributed by atoms with E-state index in [1.807, 2.05) is 6.20 Å². The van der Waals surface area contributed by atoms with Crippen molar-refractivity contribution in [2.45, 2.75) is 46.1 Å². The number of fused-ring (bicyclic) bond motifs is 1. The summed E-state index contributed by atoms with van der Waals surface area (Å²) < 4.78 is 5.65. The first-order valence-electron chi connectivity index (χ1n) is 6.83. The quantitative estimate of drug-likeness (QED) is 0.734. The van der Waals surface area contributed by atoms with Crippen molar-refractivity contribution >= 4 is 0 Å². The molecule has 0 aromatic carbocycles. The molecule has 2 heterocycles. The number of pyridine rings is 1. The lowest BCUT2D eigenvalue weighted by atomic mass is 9.82. The third-order valence-electron chi connectivity index (χ3n) is 3.52. The molecular formula is C16H23NO. The smallest absolute Gasteiger partial charge is 0.0725 e. The van der Waals surface area contributed by atoms with E-state index in [0.29, 0.717) is 31.0 Å². The number of rotatable bonds is 2. The van der Waals surface area contributed by atoms with Gasteiger partial charge in [0.25, 0.3) is 0 Å². The van der Waals surface area contributed by atoms with Crippen LogP contribution < -0.4 is 0 Å². The van der Waals surface area contributed by atoms with E-state index in [4.69, 9.17) is 4.74 Å². The third-order valence-corrected chi connectivity index (χ3v) is 3.52. The molecule has 2 heteroatoms. The Hall–Kier alpha value is -1.15. The topological polar surface area (TPSA) is 22.1 Å². The fraction of sp³-hybridized carbons (Fsp3) is 0.562. The van der Waals surface area contributed by atoms with Crippen molar-refractivity contribution in [1.29, 1.82) is 0 Å². The highest BCUT2D eigenvalue weighted by Gasteiger charge is 2.23. The van der Waals surface area contributed by atoms with Crippen LogP contribution in [0.2, 0.25) is 0 Å². The average Bonchev–Trinajstić information content (AvgIpc) is 2.28. The SMILES string of the molecule is CC(C)c1nccc2c1C(C(C)C)/C=C\COC2. The first-order valence-corrected chi connectivity index (χ1v) is 6.83. The second-order valence-electron chi connectivity index (χ2n) is 5.64. The van der Waals surface area contributed by atoms with E-state index in [1.54, 1.807) is 0 Å². The Bertz CT molecular complexity index is 435. The maximum Gasteiger partial charge on any atom is 0.0725 e. The maximum absolute atomic E-state index is 5.65. The molecule has 2 rings (SSSR count). The number of hydrogen-bond donors (Lipinski definition) is 0. The normalized spacial score (nSPS) is 21.6. The van der Waals surface area contributed by atoms with Crippen molar-refractivity contribution < 1.29 is 4.74 Å². The molecule has 1 aromatic heterocycles. The van der Waals surface area contributed by atoms with Crippen molar-refractivity contribution in [3.8, 4) is 0 Å². The van der Waals surface area contributed by atoms with Gasteiger partial charge in [-0.3, -0.25) is 4.98 Å². The molecule has 0 amide bonds. The predicted octanol–water partition coefficient (Wildman–Crippen LogP) is 4.03. The predicted molar refractivity (Wildman–Crippen MR) is 74.7 cm³/mol. The molecule has 0 fully saturated rings. The summed E-state index contributed by atoms with van der Waals surface area (Å²) in [6.45, 7) is 10.4. The number of aromatic nitrogens is 1. The standard InChI is InChI=1S/C16H23NO/c1-11(2)14-6-5-9-18-10-13-7-8-17-16(12(3)4)15(13)14/h5-8,11-12,14H,9-10H2,1-4H3/b6-5-. The molecule has 1 aliphatic rings. The fourth-order valence-corrected chi connectivity index (χ4v) is 2.59. The van der Waals surface area contributed by atoms with Crippen LogP contribution in [0.4, 0.5) is 0 Å². The molecule has 0 bridgehead atoms. The highest BCUT2D eigenvalue weighted by Crippen LogP contribution is 2.34. The third kappa shape index (κ3) is 2.64. The van der Waals surface area contributed by atoms with Gasteiger partial charge in [-0.15, -0.1) is 0 Å². The van der Waals surface area contributed by atoms with Gasteiger partial charge in [0.05, 0.1) is 13.2 Å². The molecular weight excluding hydrogens is 222 g/mol. The summed E-state index contributed by atoms with van der Waals surface area (Å²) in [6, 6.07) is 2.11. The van der Waals surface area contributed by atoms with Crippen molar-refractivity contribution in [2.75, 3.05) is 6.61 Å². The minimum Gasteiger partial charge on any atom is -0.373 e. The molecule has 1 unspecified atom stereocenters. The highest BCUT2D eigenvalue weighted by atomic mass is 16.5. The molecule has 0 N–H and O–H groups in total. The molecule has 1 atom stereocenters. The molecule has 0 aliphatic carbocycles. The largest absolute Gasteiger partial charge is 0.373 e. The van der Waals surface area contributed by atoms with Crippen molar-refractivity contribution in [3.63, 3.8) is 0 Å². The van der Waals surface area contributed by atoms with Crippen molar-refractivity contribution in [2.24, 2.45) is 5.92 Å². The fourth-order valence-electron chi connectivity index (χ4n) is 2.59. The van der Waals surface area contributed by atoms with E-state index in [2.05, 4.69) is 50.9 Å². The Labute approximate surface area is 110 Å². The zero-order valence-electron chi connectivity index (χ0n) is 11.8. The van der Waals surface area contributed by atoms with Crippen LogP contribution in [0.3, 0.4) is 0 Å². The molecule has 1 aliphatic heterocycles. The van der Waals surface area contributed by atoms with Gasteiger partial charge in [0.15, 0.2) is 0 Å². The summed E-state index contributed by atoms with van der Waals surface area (Å²) in [5, 5.41) is 0. The lowest BCUT2D eigenvalue weighted by molar-refractivity contribution is 0.145. The Morgan fingerprint density at radius 1 is 1.28 bits per heavy atom. The minimum absolute atomic E-state index is 0.453.